The maximum atomic E-state index is 13.5. The van der Waals surface area contributed by atoms with Crippen LogP contribution in [-0.2, 0) is 14.3 Å². The van der Waals surface area contributed by atoms with Crippen LogP contribution < -0.4 is 0 Å². The summed E-state index contributed by atoms with van der Waals surface area (Å²) >= 11 is 11.9. The first-order valence-corrected chi connectivity index (χ1v) is 13.4. The molecule has 8 heteroatoms. The molecule has 0 N–H and O–H groups in total. The van der Waals surface area contributed by atoms with Crippen molar-refractivity contribution in [2.75, 3.05) is 19.6 Å². The molecule has 0 radical (unpaired) electrons. The van der Waals surface area contributed by atoms with Gasteiger partial charge in [0.2, 0.25) is 12.1 Å². The molecule has 4 aliphatic rings. The van der Waals surface area contributed by atoms with Gasteiger partial charge in [-0.05, 0) is 79.7 Å². The molecule has 3 fully saturated rings. The number of allylic oxidation sites excluding steroid dienone is 2. The number of hydrogen-bond acceptors (Lipinski definition) is 4. The summed E-state index contributed by atoms with van der Waals surface area (Å²) in [5.74, 6) is 0.0496. The number of benzene rings is 1. The van der Waals surface area contributed by atoms with E-state index in [1.807, 2.05) is 54.0 Å². The number of fused-ring (bicyclic) bond motifs is 3. The Bertz CT molecular complexity index is 1090. The number of halogens is 1. The minimum Gasteiger partial charge on any atom is -0.343 e. The van der Waals surface area contributed by atoms with E-state index in [4.69, 9.17) is 28.6 Å². The van der Waals surface area contributed by atoms with Crippen molar-refractivity contribution in [1.82, 2.24) is 14.7 Å². The first-order chi connectivity index (χ1) is 16.9. The van der Waals surface area contributed by atoms with Crippen LogP contribution in [0.2, 0.25) is 5.02 Å². The Kier molecular flexibility index (Phi) is 6.77. The predicted molar refractivity (Wildman–Crippen MR) is 140 cm³/mol. The predicted octanol–water partition coefficient (Wildman–Crippen LogP) is 4.98. The van der Waals surface area contributed by atoms with Gasteiger partial charge in [-0.1, -0.05) is 43.0 Å². The first-order valence-electron chi connectivity index (χ1n) is 12.6. The molecular formula is C27H32ClN3O3S. The van der Waals surface area contributed by atoms with E-state index in [1.165, 1.54) is 6.42 Å². The van der Waals surface area contributed by atoms with Gasteiger partial charge >= 0.3 is 0 Å². The number of rotatable bonds is 7. The van der Waals surface area contributed by atoms with Crippen molar-refractivity contribution in [3.63, 3.8) is 0 Å². The number of carbonyl (C=O) groups is 2. The van der Waals surface area contributed by atoms with Crippen molar-refractivity contribution in [2.24, 2.45) is 5.41 Å². The second kappa shape index (κ2) is 9.68. The van der Waals surface area contributed by atoms with Crippen molar-refractivity contribution in [2.45, 2.75) is 64.7 Å². The molecule has 0 aromatic heterocycles. The minimum atomic E-state index is -0.721. The highest BCUT2D eigenvalue weighted by Gasteiger charge is 2.54. The topological polar surface area (TPSA) is 53.1 Å². The third-order valence-corrected chi connectivity index (χ3v) is 8.53. The Hall–Kier alpha value is -2.22. The zero-order valence-corrected chi connectivity index (χ0v) is 21.9. The monoisotopic (exact) mass is 513 g/mol. The first kappa shape index (κ1) is 24.5. The Labute approximate surface area is 217 Å². The highest BCUT2D eigenvalue weighted by Crippen LogP contribution is 2.45. The van der Waals surface area contributed by atoms with Gasteiger partial charge in [0.05, 0.1) is 5.70 Å². The largest absolute Gasteiger partial charge is 0.343 e. The lowest BCUT2D eigenvalue weighted by atomic mass is 9.71. The maximum absolute atomic E-state index is 13.5. The molecule has 1 aromatic rings. The van der Waals surface area contributed by atoms with E-state index in [9.17, 15) is 9.59 Å². The molecule has 6 nitrogen and oxygen atoms in total. The summed E-state index contributed by atoms with van der Waals surface area (Å²) < 4.78 is 6.18. The third-order valence-electron chi connectivity index (χ3n) is 7.86. The summed E-state index contributed by atoms with van der Waals surface area (Å²) in [5.41, 5.74) is 2.73. The molecule has 2 unspecified atom stereocenters. The zero-order valence-electron chi connectivity index (χ0n) is 20.3. The summed E-state index contributed by atoms with van der Waals surface area (Å²) in [4.78, 5) is 32.0. The van der Waals surface area contributed by atoms with Crippen molar-refractivity contribution < 1.29 is 14.3 Å². The molecule has 0 bridgehead atoms. The molecule has 1 aromatic carbocycles. The van der Waals surface area contributed by atoms with Gasteiger partial charge in [0, 0.05) is 31.1 Å². The van der Waals surface area contributed by atoms with Gasteiger partial charge in [-0.2, -0.15) is 0 Å². The third kappa shape index (κ3) is 4.43. The van der Waals surface area contributed by atoms with Gasteiger partial charge in [-0.25, -0.2) is 0 Å². The normalized spacial score (nSPS) is 24.9. The second-order valence-corrected chi connectivity index (χ2v) is 10.8. The Balaban J connectivity index is 1.36. The lowest BCUT2D eigenvalue weighted by molar-refractivity contribution is -0.141. The van der Waals surface area contributed by atoms with Gasteiger partial charge < -0.3 is 9.64 Å². The van der Waals surface area contributed by atoms with E-state index < -0.39 is 6.23 Å². The van der Waals surface area contributed by atoms with Gasteiger partial charge in [-0.3, -0.25) is 19.4 Å². The van der Waals surface area contributed by atoms with E-state index in [1.54, 1.807) is 4.90 Å². The van der Waals surface area contributed by atoms with E-state index >= 15 is 0 Å². The van der Waals surface area contributed by atoms with Crippen molar-refractivity contribution in [3.05, 3.63) is 52.7 Å². The average molecular weight is 514 g/mol. The van der Waals surface area contributed by atoms with Crippen molar-refractivity contribution in [1.29, 1.82) is 0 Å². The van der Waals surface area contributed by atoms with Crippen LogP contribution in [0.1, 0.15) is 57.9 Å². The molecule has 2 heterocycles. The van der Waals surface area contributed by atoms with Gasteiger partial charge in [0.1, 0.15) is 6.10 Å². The smallest absolute Gasteiger partial charge is 0.279 e. The number of hydrogen-bond donors (Lipinski definition) is 0. The number of carbonyl (C=O) groups excluding carboxylic acids is 2. The van der Waals surface area contributed by atoms with Crippen LogP contribution >= 0.6 is 23.8 Å². The highest BCUT2D eigenvalue weighted by molar-refractivity contribution is 7.80. The van der Waals surface area contributed by atoms with Crippen LogP contribution in [0.25, 0.3) is 5.57 Å². The fraction of sp³-hybridized carbons (Fsp3) is 0.519. The van der Waals surface area contributed by atoms with Crippen LogP contribution in [0.15, 0.2) is 42.1 Å². The van der Waals surface area contributed by atoms with Crippen molar-refractivity contribution in [3.8, 4) is 0 Å². The molecule has 35 heavy (non-hydrogen) atoms. The lowest BCUT2D eigenvalue weighted by Crippen LogP contribution is -2.46. The molecule has 2 amide bonds. The quantitative estimate of drug-likeness (QED) is 0.481. The van der Waals surface area contributed by atoms with E-state index in [2.05, 4.69) is 6.08 Å². The summed E-state index contributed by atoms with van der Waals surface area (Å²) in [6.45, 7) is 5.91. The van der Waals surface area contributed by atoms with E-state index in [0.717, 1.165) is 42.5 Å². The summed E-state index contributed by atoms with van der Waals surface area (Å²) in [7, 11) is 0. The SMILES string of the molecule is CCN(CC)C(=O)CC1(CN2C(=O)C3OC4C=C(c5ccc(Cl)cc5)C=C4N3C2=S)CCCCC1. The Morgan fingerprint density at radius 3 is 2.51 bits per heavy atom. The second-order valence-electron chi connectivity index (χ2n) is 9.99. The van der Waals surface area contributed by atoms with Gasteiger partial charge in [0.15, 0.2) is 5.11 Å². The van der Waals surface area contributed by atoms with Gasteiger partial charge in [-0.15, -0.1) is 0 Å². The van der Waals surface area contributed by atoms with E-state index in [0.29, 0.717) is 36.2 Å². The number of thiocarbonyl (C=S) groups is 1. The highest BCUT2D eigenvalue weighted by atomic mass is 35.5. The molecule has 2 saturated heterocycles. The molecule has 2 aliphatic carbocycles. The van der Waals surface area contributed by atoms with Crippen molar-refractivity contribution >= 4 is 46.3 Å². The summed E-state index contributed by atoms with van der Waals surface area (Å²) in [5, 5.41) is 1.18. The molecular weight excluding hydrogens is 482 g/mol. The molecule has 2 atom stereocenters. The average Bonchev–Trinajstić information content (AvgIpc) is 3.47. The standard InChI is InChI=1S/C27H32ClN3O3S/c1-3-29(4-2)23(32)16-27(12-6-5-7-13-27)17-30-24(33)25-31(26(30)35)21-14-19(15-22(21)34-25)18-8-10-20(28)11-9-18/h8-11,14-15,22,25H,3-7,12-13,16-17H2,1-2H3. The molecule has 186 valence electrons. The van der Waals surface area contributed by atoms with Crippen LogP contribution in [0.5, 0.6) is 0 Å². The summed E-state index contributed by atoms with van der Waals surface area (Å²) in [6.07, 6.45) is 8.72. The minimum absolute atomic E-state index is 0.119. The molecule has 2 aliphatic heterocycles. The van der Waals surface area contributed by atoms with Gasteiger partial charge in [0.25, 0.3) is 5.91 Å². The summed E-state index contributed by atoms with van der Waals surface area (Å²) in [6, 6.07) is 7.68. The van der Waals surface area contributed by atoms with Crippen LogP contribution in [0.4, 0.5) is 0 Å². The fourth-order valence-corrected chi connectivity index (χ4v) is 6.41. The molecule has 1 saturated carbocycles. The Morgan fingerprint density at radius 2 is 1.86 bits per heavy atom. The number of nitrogens with zero attached hydrogens (tertiary/aromatic N) is 3. The zero-order chi connectivity index (χ0) is 24.7. The fourth-order valence-electron chi connectivity index (χ4n) is 5.93. The van der Waals surface area contributed by atoms with Crippen LogP contribution in [0, 0.1) is 5.41 Å². The Morgan fingerprint density at radius 1 is 1.17 bits per heavy atom. The van der Waals surface area contributed by atoms with E-state index in [-0.39, 0.29) is 23.3 Å². The maximum Gasteiger partial charge on any atom is 0.279 e. The molecule has 5 rings (SSSR count). The lowest BCUT2D eigenvalue weighted by Gasteiger charge is -2.40. The number of amides is 2. The van der Waals surface area contributed by atoms with Crippen LogP contribution in [-0.4, -0.2) is 63.6 Å². The number of ether oxygens (including phenoxy) is 1. The van der Waals surface area contributed by atoms with Crippen LogP contribution in [0.3, 0.4) is 0 Å². The molecule has 0 spiro atoms.